The van der Waals surface area contributed by atoms with E-state index in [0.717, 1.165) is 10.6 Å². The molecule has 0 spiro atoms. The fourth-order valence-electron chi connectivity index (χ4n) is 4.01. The van der Waals surface area contributed by atoms with Crippen LogP contribution < -0.4 is 10.3 Å². The summed E-state index contributed by atoms with van der Waals surface area (Å²) in [5.74, 6) is 0.597. The molecule has 0 amide bonds. The third-order valence-corrected chi connectivity index (χ3v) is 7.66. The highest BCUT2D eigenvalue weighted by atomic mass is 35.5. The van der Waals surface area contributed by atoms with Crippen molar-refractivity contribution in [2.24, 2.45) is 0 Å². The summed E-state index contributed by atoms with van der Waals surface area (Å²) in [5.41, 5.74) is -1.63. The average molecular weight is 589 g/mol. The minimum atomic E-state index is -4.37. The summed E-state index contributed by atoms with van der Waals surface area (Å²) in [5, 5.41) is 9.58. The van der Waals surface area contributed by atoms with Crippen LogP contribution >= 0.6 is 35.1 Å². The average Bonchev–Trinajstić information content (AvgIpc) is 3.22. The third kappa shape index (κ3) is 5.95. The number of fused-ring (bicyclic) bond motifs is 1. The molecule has 2 aliphatic heterocycles. The topological polar surface area (TPSA) is 61.9 Å². The highest BCUT2D eigenvalue weighted by Gasteiger charge is 2.29. The van der Waals surface area contributed by atoms with Gasteiger partial charge in [0.05, 0.1) is 30.1 Å². The highest BCUT2D eigenvalue weighted by molar-refractivity contribution is 8.00. The molecule has 0 saturated heterocycles. The van der Waals surface area contributed by atoms with Crippen molar-refractivity contribution in [3.05, 3.63) is 93.7 Å². The Hall–Kier alpha value is -3.41. The Labute approximate surface area is 235 Å². The van der Waals surface area contributed by atoms with E-state index in [4.69, 9.17) is 16.3 Å². The Kier molecular flexibility index (Phi) is 7.66. The van der Waals surface area contributed by atoms with Gasteiger partial charge in [-0.2, -0.15) is 23.4 Å². The second-order valence-corrected chi connectivity index (χ2v) is 10.8. The fourth-order valence-corrected chi connectivity index (χ4v) is 5.22. The summed E-state index contributed by atoms with van der Waals surface area (Å²) in [6, 6.07) is 20.6. The van der Waals surface area contributed by atoms with Gasteiger partial charge in [-0.3, -0.25) is 4.79 Å². The predicted molar refractivity (Wildman–Crippen MR) is 148 cm³/mol. The second-order valence-electron chi connectivity index (χ2n) is 8.37. The molecule has 0 bridgehead atoms. The van der Waals surface area contributed by atoms with Gasteiger partial charge in [-0.15, -0.1) is 11.8 Å². The zero-order valence-electron chi connectivity index (χ0n) is 20.6. The zero-order chi connectivity index (χ0) is 27.7. The molecule has 0 saturated carbocycles. The van der Waals surface area contributed by atoms with Gasteiger partial charge in [0.15, 0.2) is 5.69 Å². The van der Waals surface area contributed by atoms with E-state index < -0.39 is 11.1 Å². The fraction of sp³-hybridized carbons (Fsp3) is 0.148. The number of halogens is 4. The molecule has 3 aromatic rings. The number of alkyl halides is 3. The van der Waals surface area contributed by atoms with Gasteiger partial charge in [-0.25, -0.2) is 9.36 Å². The molecule has 0 unspecified atom stereocenters. The maximum Gasteiger partial charge on any atom is 0.446 e. The van der Waals surface area contributed by atoms with Crippen LogP contribution in [0, 0.1) is 0 Å². The number of aromatic nitrogens is 4. The molecule has 5 rings (SSSR count). The monoisotopic (exact) mass is 588 g/mol. The van der Waals surface area contributed by atoms with E-state index in [-0.39, 0.29) is 28.9 Å². The lowest BCUT2D eigenvalue weighted by Gasteiger charge is -2.16. The van der Waals surface area contributed by atoms with Crippen LogP contribution in [-0.2, 0) is 6.54 Å². The molecule has 2 aliphatic rings. The number of ether oxygens (including phenoxy) is 1. The number of nitrogens with zero attached hydrogens (tertiary/aromatic N) is 4. The molecular weight excluding hydrogens is 569 g/mol. The first-order valence-corrected chi connectivity index (χ1v) is 13.9. The van der Waals surface area contributed by atoms with Crippen molar-refractivity contribution >= 4 is 35.1 Å². The lowest BCUT2D eigenvalue weighted by molar-refractivity contribution is -0.0328. The number of hydrogen-bond acceptors (Lipinski definition) is 6. The Morgan fingerprint density at radius 2 is 1.64 bits per heavy atom. The van der Waals surface area contributed by atoms with E-state index in [9.17, 15) is 18.0 Å². The summed E-state index contributed by atoms with van der Waals surface area (Å²) in [4.78, 5) is 14.4. The van der Waals surface area contributed by atoms with Crippen LogP contribution in [0.3, 0.4) is 0 Å². The van der Waals surface area contributed by atoms with Crippen LogP contribution in [0.2, 0.25) is 5.02 Å². The van der Waals surface area contributed by atoms with E-state index in [0.29, 0.717) is 33.3 Å². The molecule has 0 aromatic heterocycles. The van der Waals surface area contributed by atoms with Crippen LogP contribution in [-0.4, -0.2) is 38.4 Å². The minimum Gasteiger partial charge on any atom is -0.497 e. The van der Waals surface area contributed by atoms with Gasteiger partial charge >= 0.3 is 5.51 Å². The molecule has 3 aromatic carbocycles. The smallest absolute Gasteiger partial charge is 0.446 e. The van der Waals surface area contributed by atoms with E-state index >= 15 is 0 Å². The van der Waals surface area contributed by atoms with Crippen molar-refractivity contribution in [3.8, 4) is 34.1 Å². The molecule has 200 valence electrons. The molecule has 0 radical (unpaired) electrons. The van der Waals surface area contributed by atoms with Crippen molar-refractivity contribution in [2.45, 2.75) is 21.8 Å². The molecule has 0 fully saturated rings. The lowest BCUT2D eigenvalue weighted by Crippen LogP contribution is -2.19. The molecule has 0 aliphatic carbocycles. The van der Waals surface area contributed by atoms with Crippen molar-refractivity contribution in [1.82, 2.24) is 19.6 Å². The van der Waals surface area contributed by atoms with Crippen LogP contribution in [0.5, 0.6) is 5.75 Å². The Morgan fingerprint density at radius 3 is 2.26 bits per heavy atom. The molecule has 39 heavy (non-hydrogen) atoms. The zero-order valence-corrected chi connectivity index (χ0v) is 23.0. The summed E-state index contributed by atoms with van der Waals surface area (Å²) < 4.78 is 46.1. The maximum atomic E-state index is 13.3. The summed E-state index contributed by atoms with van der Waals surface area (Å²) in [7, 11) is 1.55. The largest absolute Gasteiger partial charge is 0.497 e. The first-order chi connectivity index (χ1) is 18.6. The van der Waals surface area contributed by atoms with Gasteiger partial charge < -0.3 is 4.74 Å². The minimum absolute atomic E-state index is 0.0652. The number of methoxy groups -OCH3 is 1. The molecule has 2 heterocycles. The Balaban J connectivity index is 1.59. The Morgan fingerprint density at radius 1 is 0.949 bits per heavy atom. The molecule has 0 atom stereocenters. The van der Waals surface area contributed by atoms with Gasteiger partial charge in [-0.1, -0.05) is 23.7 Å². The van der Waals surface area contributed by atoms with Crippen LogP contribution in [0.4, 0.5) is 13.2 Å². The van der Waals surface area contributed by atoms with Crippen molar-refractivity contribution in [2.75, 3.05) is 13.4 Å². The highest BCUT2D eigenvalue weighted by Crippen LogP contribution is 2.37. The first-order valence-electron chi connectivity index (χ1n) is 11.5. The van der Waals surface area contributed by atoms with E-state index in [1.54, 1.807) is 53.9 Å². The quantitative estimate of drug-likeness (QED) is 0.187. The summed E-state index contributed by atoms with van der Waals surface area (Å²) in [6.45, 7) is 0.0766. The van der Waals surface area contributed by atoms with Crippen molar-refractivity contribution in [1.29, 1.82) is 0 Å². The number of benzene rings is 3. The molecular formula is C27H20ClF3N4O2S2. The second kappa shape index (κ2) is 11.0. The summed E-state index contributed by atoms with van der Waals surface area (Å²) >= 11 is 8.03. The van der Waals surface area contributed by atoms with Crippen LogP contribution in [0.1, 0.15) is 5.56 Å². The number of thioether (sulfide) groups is 2. The molecule has 12 heteroatoms. The maximum absolute atomic E-state index is 13.3. The van der Waals surface area contributed by atoms with Gasteiger partial charge in [0, 0.05) is 15.4 Å². The lowest BCUT2D eigenvalue weighted by atomic mass is 10.1. The van der Waals surface area contributed by atoms with Gasteiger partial charge in [0.25, 0.3) is 5.56 Å². The van der Waals surface area contributed by atoms with Gasteiger partial charge in [0.2, 0.25) is 0 Å². The normalized spacial score (nSPS) is 11.7. The standard InChI is InChI=1S/C27H20ClF3N4O2S2/c1-37-18-7-12-21(22(28)13-18)24-14-23-25(33-35(24)17-5-10-19(38-2)11-6-17)26(36)34(32-23)15-16-3-8-20(9-4-16)39-27(29,30)31/h3-14H,15H2,1-2H3. The number of rotatable bonds is 7. The third-order valence-electron chi connectivity index (χ3n) is 5.87. The van der Waals surface area contributed by atoms with Gasteiger partial charge in [0.1, 0.15) is 11.4 Å². The number of hydrogen-bond donors (Lipinski definition) is 0. The van der Waals surface area contributed by atoms with Crippen LogP contribution in [0.15, 0.2) is 87.4 Å². The van der Waals surface area contributed by atoms with E-state index in [2.05, 4.69) is 10.2 Å². The van der Waals surface area contributed by atoms with Gasteiger partial charge in [-0.05, 0) is 84.2 Å². The van der Waals surface area contributed by atoms with Crippen LogP contribution in [0.25, 0.3) is 28.3 Å². The molecule has 6 nitrogen and oxygen atoms in total. The Bertz CT molecular complexity index is 1650. The van der Waals surface area contributed by atoms with E-state index in [1.807, 2.05) is 36.6 Å². The predicted octanol–water partition coefficient (Wildman–Crippen LogP) is 7.24. The molecule has 0 N–H and O–H groups in total. The van der Waals surface area contributed by atoms with E-state index in [1.165, 1.54) is 16.8 Å². The first kappa shape index (κ1) is 27.2. The summed E-state index contributed by atoms with van der Waals surface area (Å²) in [6.07, 6.45) is 1.98. The SMILES string of the molecule is COc1ccc(-c2cc3nn(Cc4ccc(SC(F)(F)F)cc4)c(=O)c-3nn2-c2ccc(SC)cc2)c(Cl)c1. The van der Waals surface area contributed by atoms with Crippen molar-refractivity contribution in [3.63, 3.8) is 0 Å². The van der Waals surface area contributed by atoms with Crippen molar-refractivity contribution < 1.29 is 17.9 Å².